The number of aryl methyl sites for hydroxylation is 1. The van der Waals surface area contributed by atoms with Crippen LogP contribution in [0.5, 0.6) is 11.5 Å². The van der Waals surface area contributed by atoms with Gasteiger partial charge in [-0.25, -0.2) is 4.98 Å². The first-order chi connectivity index (χ1) is 16.1. The second-order valence-corrected chi connectivity index (χ2v) is 8.75. The Morgan fingerprint density at radius 2 is 1.88 bits per heavy atom. The Hall–Kier alpha value is -4.10. The minimum atomic E-state index is -0.118. The summed E-state index contributed by atoms with van der Waals surface area (Å²) in [7, 11) is 0. The molecule has 1 aliphatic rings. The lowest BCUT2D eigenvalue weighted by molar-refractivity contribution is 0.103. The molecule has 0 unspecified atom stereocenters. The van der Waals surface area contributed by atoms with Gasteiger partial charge in [0.05, 0.1) is 22.5 Å². The van der Waals surface area contributed by atoms with E-state index in [4.69, 9.17) is 20.2 Å². The topological polar surface area (TPSA) is 78.9 Å². The third-order valence-electron chi connectivity index (χ3n) is 5.80. The molecule has 0 atom stereocenters. The fourth-order valence-electron chi connectivity index (χ4n) is 4.10. The van der Waals surface area contributed by atoms with Gasteiger partial charge in [0.1, 0.15) is 10.7 Å². The number of nitrogen functional groups attached to an aromatic ring is 1. The molecule has 3 aromatic heterocycles. The van der Waals surface area contributed by atoms with Crippen LogP contribution in [-0.4, -0.2) is 22.0 Å². The van der Waals surface area contributed by atoms with E-state index >= 15 is 0 Å². The van der Waals surface area contributed by atoms with E-state index in [-0.39, 0.29) is 12.6 Å². The van der Waals surface area contributed by atoms with Gasteiger partial charge < -0.3 is 19.6 Å². The Balaban J connectivity index is 1.47. The van der Waals surface area contributed by atoms with Crippen LogP contribution in [0, 0.1) is 6.92 Å². The molecule has 33 heavy (non-hydrogen) atoms. The van der Waals surface area contributed by atoms with Crippen LogP contribution in [0.1, 0.15) is 21.6 Å². The lowest BCUT2D eigenvalue weighted by atomic mass is 10.1. The van der Waals surface area contributed by atoms with Crippen LogP contribution in [0.2, 0.25) is 0 Å². The third-order valence-corrected chi connectivity index (χ3v) is 6.66. The molecule has 1 aliphatic heterocycles. The maximum atomic E-state index is 13.4. The Morgan fingerprint density at radius 3 is 2.73 bits per heavy atom. The fourth-order valence-corrected chi connectivity index (χ4v) is 5.00. The van der Waals surface area contributed by atoms with Crippen LogP contribution < -0.4 is 15.2 Å². The summed E-state index contributed by atoms with van der Waals surface area (Å²) in [5.41, 5.74) is 12.6. The molecule has 4 heterocycles. The second kappa shape index (κ2) is 7.50. The van der Waals surface area contributed by atoms with Crippen molar-refractivity contribution in [2.45, 2.75) is 6.92 Å². The van der Waals surface area contributed by atoms with Crippen LogP contribution in [0.4, 0.5) is 5.69 Å². The zero-order chi connectivity index (χ0) is 22.5. The van der Waals surface area contributed by atoms with Crippen LogP contribution in [0.3, 0.4) is 0 Å². The molecule has 2 aromatic carbocycles. The molecule has 5 aromatic rings. The average Bonchev–Trinajstić information content (AvgIpc) is 3.55. The first-order valence-corrected chi connectivity index (χ1v) is 11.3. The fraction of sp³-hybridized carbons (Fsp3) is 0.0769. The molecule has 6 nitrogen and oxygen atoms in total. The summed E-state index contributed by atoms with van der Waals surface area (Å²) in [5, 5.41) is 2.74. The van der Waals surface area contributed by atoms with E-state index in [1.54, 1.807) is 0 Å². The van der Waals surface area contributed by atoms with Crippen molar-refractivity contribution in [1.29, 1.82) is 0 Å². The highest BCUT2D eigenvalue weighted by atomic mass is 32.1. The molecular weight excluding hydrogens is 434 g/mol. The lowest BCUT2D eigenvalue weighted by Crippen LogP contribution is -2.08. The molecule has 6 rings (SSSR count). The molecule has 2 N–H and O–H groups in total. The Kier molecular flexibility index (Phi) is 4.45. The zero-order valence-corrected chi connectivity index (χ0v) is 18.6. The average molecular weight is 454 g/mol. The maximum Gasteiger partial charge on any atom is 0.231 e. The SMILES string of the molecule is Cc1ccc(C(=O)c2c(N)c(-c3nc(-c4ccc5c(c4)OCO5)cs3)c3ccccn23)cc1. The molecule has 0 spiro atoms. The van der Waals surface area contributed by atoms with Crippen molar-refractivity contribution < 1.29 is 14.3 Å². The number of carbonyl (C=O) groups is 1. The highest BCUT2D eigenvalue weighted by molar-refractivity contribution is 7.13. The highest BCUT2D eigenvalue weighted by Gasteiger charge is 2.25. The number of benzene rings is 2. The van der Waals surface area contributed by atoms with Gasteiger partial charge in [-0.2, -0.15) is 0 Å². The summed E-state index contributed by atoms with van der Waals surface area (Å²) in [6.45, 7) is 2.22. The van der Waals surface area contributed by atoms with E-state index < -0.39 is 0 Å². The van der Waals surface area contributed by atoms with Gasteiger partial charge in [-0.05, 0) is 37.3 Å². The predicted octanol–water partition coefficient (Wildman–Crippen LogP) is 5.58. The molecule has 0 saturated carbocycles. The Morgan fingerprint density at radius 1 is 1.06 bits per heavy atom. The normalized spacial score (nSPS) is 12.4. The number of hydrogen-bond donors (Lipinski definition) is 1. The van der Waals surface area contributed by atoms with E-state index in [2.05, 4.69) is 0 Å². The standard InChI is InChI=1S/C26H19N3O3S/c1-15-5-7-16(8-6-15)25(30)24-23(27)22(19-4-2-3-11-29(19)24)26-28-18(13-33-26)17-9-10-20-21(12-17)32-14-31-20/h2-13H,14,27H2,1H3. The van der Waals surface area contributed by atoms with E-state index in [1.807, 2.05) is 83.6 Å². The second-order valence-electron chi connectivity index (χ2n) is 7.89. The monoisotopic (exact) mass is 453 g/mol. The van der Waals surface area contributed by atoms with Crippen molar-refractivity contribution in [1.82, 2.24) is 9.38 Å². The summed E-state index contributed by atoms with van der Waals surface area (Å²) in [6.07, 6.45) is 1.86. The van der Waals surface area contributed by atoms with Crippen molar-refractivity contribution in [2.75, 3.05) is 12.5 Å². The number of nitrogens with zero attached hydrogens (tertiary/aromatic N) is 2. The number of rotatable bonds is 4. The molecule has 0 fully saturated rings. The summed E-state index contributed by atoms with van der Waals surface area (Å²) in [5.74, 6) is 1.32. The van der Waals surface area contributed by atoms with Crippen molar-refractivity contribution >= 4 is 28.3 Å². The first-order valence-electron chi connectivity index (χ1n) is 10.5. The predicted molar refractivity (Wildman–Crippen MR) is 129 cm³/mol. The molecule has 0 saturated heterocycles. The highest BCUT2D eigenvalue weighted by Crippen LogP contribution is 2.41. The first kappa shape index (κ1) is 19.6. The molecule has 0 amide bonds. The molecule has 0 bridgehead atoms. The number of ether oxygens (including phenoxy) is 2. The van der Waals surface area contributed by atoms with Crippen LogP contribution in [0.15, 0.2) is 72.2 Å². The summed E-state index contributed by atoms with van der Waals surface area (Å²) >= 11 is 1.49. The zero-order valence-electron chi connectivity index (χ0n) is 17.7. The number of pyridine rings is 1. The molecule has 0 radical (unpaired) electrons. The quantitative estimate of drug-likeness (QED) is 0.359. The van der Waals surface area contributed by atoms with E-state index in [1.165, 1.54) is 11.3 Å². The van der Waals surface area contributed by atoms with E-state index in [9.17, 15) is 4.79 Å². The number of aromatic nitrogens is 2. The van der Waals surface area contributed by atoms with Gasteiger partial charge in [0.15, 0.2) is 11.5 Å². The van der Waals surface area contributed by atoms with Gasteiger partial charge in [0, 0.05) is 22.7 Å². The van der Waals surface area contributed by atoms with Crippen molar-refractivity contribution in [3.05, 3.63) is 89.1 Å². The van der Waals surface area contributed by atoms with Gasteiger partial charge in [0.25, 0.3) is 0 Å². The number of anilines is 1. The van der Waals surface area contributed by atoms with Gasteiger partial charge in [-0.15, -0.1) is 11.3 Å². The summed E-state index contributed by atoms with van der Waals surface area (Å²) < 4.78 is 12.8. The smallest absolute Gasteiger partial charge is 0.231 e. The lowest BCUT2D eigenvalue weighted by Gasteiger charge is -2.04. The number of carbonyl (C=O) groups excluding carboxylic acids is 1. The molecule has 7 heteroatoms. The van der Waals surface area contributed by atoms with Gasteiger partial charge in [-0.1, -0.05) is 35.9 Å². The molecular formula is C26H19N3O3S. The number of thiazole rings is 1. The van der Waals surface area contributed by atoms with Crippen LogP contribution in [-0.2, 0) is 0 Å². The minimum Gasteiger partial charge on any atom is -0.454 e. The molecule has 0 aliphatic carbocycles. The minimum absolute atomic E-state index is 0.118. The van der Waals surface area contributed by atoms with Gasteiger partial charge in [0.2, 0.25) is 12.6 Å². The largest absolute Gasteiger partial charge is 0.454 e. The summed E-state index contributed by atoms with van der Waals surface area (Å²) in [4.78, 5) is 18.3. The maximum absolute atomic E-state index is 13.4. The summed E-state index contributed by atoms with van der Waals surface area (Å²) in [6, 6.07) is 19.1. The number of nitrogens with two attached hydrogens (primary N) is 1. The Bertz CT molecular complexity index is 1530. The van der Waals surface area contributed by atoms with E-state index in [0.29, 0.717) is 22.7 Å². The van der Waals surface area contributed by atoms with E-state index in [0.717, 1.165) is 38.7 Å². The number of hydrogen-bond acceptors (Lipinski definition) is 6. The Labute approximate surface area is 193 Å². The van der Waals surface area contributed by atoms with Crippen molar-refractivity contribution in [3.63, 3.8) is 0 Å². The number of fused-ring (bicyclic) bond motifs is 2. The van der Waals surface area contributed by atoms with Gasteiger partial charge >= 0.3 is 0 Å². The number of ketones is 1. The van der Waals surface area contributed by atoms with Crippen LogP contribution in [0.25, 0.3) is 27.3 Å². The van der Waals surface area contributed by atoms with Gasteiger partial charge in [-0.3, -0.25) is 4.79 Å². The third kappa shape index (κ3) is 3.16. The molecule has 162 valence electrons. The van der Waals surface area contributed by atoms with Crippen LogP contribution >= 0.6 is 11.3 Å². The van der Waals surface area contributed by atoms with Crippen molar-refractivity contribution in [3.8, 4) is 33.3 Å². The van der Waals surface area contributed by atoms with Crippen molar-refractivity contribution in [2.24, 2.45) is 0 Å².